The number of rotatable bonds is 8. The maximum Gasteiger partial charge on any atom is 0.242 e. The van der Waals surface area contributed by atoms with Gasteiger partial charge in [0.1, 0.15) is 11.9 Å². The fourth-order valence-corrected chi connectivity index (χ4v) is 5.23. The minimum Gasteiger partial charge on any atom is -0.352 e. The quantitative estimate of drug-likeness (QED) is 0.469. The molecule has 1 aliphatic heterocycles. The molecule has 4 rings (SSSR count). The number of hydrogen-bond donors (Lipinski definition) is 1. The van der Waals surface area contributed by atoms with Crippen LogP contribution >= 0.6 is 0 Å². The number of fused-ring (bicyclic) bond motifs is 1. The van der Waals surface area contributed by atoms with Gasteiger partial charge in [-0.15, -0.1) is 0 Å². The summed E-state index contributed by atoms with van der Waals surface area (Å²) in [6, 6.07) is 5.43. The molecule has 1 aromatic rings. The van der Waals surface area contributed by atoms with Crippen LogP contribution in [0.5, 0.6) is 0 Å². The van der Waals surface area contributed by atoms with Gasteiger partial charge in [-0.1, -0.05) is 43.2 Å². The molecule has 3 atom stereocenters. The Balaban J connectivity index is 1.45. The molecule has 2 aliphatic carbocycles. The van der Waals surface area contributed by atoms with Gasteiger partial charge in [-0.25, -0.2) is 4.39 Å². The summed E-state index contributed by atoms with van der Waals surface area (Å²) < 4.78 is 14.4. The lowest BCUT2D eigenvalue weighted by Gasteiger charge is -2.30. The van der Waals surface area contributed by atoms with Gasteiger partial charge in [-0.05, 0) is 38.7 Å². The number of likely N-dealkylation sites (tertiary alicyclic amines) is 1. The van der Waals surface area contributed by atoms with Crippen LogP contribution in [0.4, 0.5) is 4.39 Å². The number of allylic oxidation sites excluding steroid dienone is 2. The molecule has 7 nitrogen and oxygen atoms in total. The van der Waals surface area contributed by atoms with E-state index in [1.165, 1.54) is 15.9 Å². The first-order valence-corrected chi connectivity index (χ1v) is 12.2. The second kappa shape index (κ2) is 10.5. The Bertz CT molecular complexity index is 962. The van der Waals surface area contributed by atoms with Gasteiger partial charge in [0.2, 0.25) is 23.6 Å². The van der Waals surface area contributed by atoms with E-state index in [1.807, 2.05) is 12.2 Å². The van der Waals surface area contributed by atoms with Crippen molar-refractivity contribution in [3.8, 4) is 0 Å². The van der Waals surface area contributed by atoms with E-state index in [2.05, 4.69) is 5.32 Å². The molecular weight excluding hydrogens is 437 g/mol. The van der Waals surface area contributed by atoms with Crippen LogP contribution in [-0.2, 0) is 25.7 Å². The second-order valence-corrected chi connectivity index (χ2v) is 9.51. The fourth-order valence-electron chi connectivity index (χ4n) is 5.23. The number of halogens is 1. The molecule has 0 spiro atoms. The molecule has 0 aromatic heterocycles. The van der Waals surface area contributed by atoms with Gasteiger partial charge in [-0.2, -0.15) is 0 Å². The van der Waals surface area contributed by atoms with Gasteiger partial charge < -0.3 is 10.2 Å². The summed E-state index contributed by atoms with van der Waals surface area (Å²) in [7, 11) is 0. The summed E-state index contributed by atoms with van der Waals surface area (Å²) in [5.74, 6) is -2.30. The number of carbonyl (C=O) groups is 4. The highest BCUT2D eigenvalue weighted by atomic mass is 19.1. The standard InChI is InChI=1S/C26H32FN3O4/c1-17(24(32)28-19-9-3-4-10-19)30(16-18-8-2-7-13-22(18)27)23(31)14-15-29-25(33)20-11-5-6-12-21(20)26(29)34/h2,5-8,13,17,19-21H,3-4,9-12,14-16H2,1H3,(H,28,32)/t17-,20-,21+/m0/s1. The molecule has 1 N–H and O–H groups in total. The van der Waals surface area contributed by atoms with Crippen molar-refractivity contribution in [1.82, 2.24) is 15.1 Å². The summed E-state index contributed by atoms with van der Waals surface area (Å²) in [6.07, 6.45) is 8.75. The number of carbonyl (C=O) groups excluding carboxylic acids is 4. The van der Waals surface area contributed by atoms with Crippen molar-refractivity contribution in [2.45, 2.75) is 70.5 Å². The fraction of sp³-hybridized carbons (Fsp3) is 0.538. The summed E-state index contributed by atoms with van der Waals surface area (Å²) in [6.45, 7) is 1.53. The highest BCUT2D eigenvalue weighted by Crippen LogP contribution is 2.35. The molecule has 182 valence electrons. The van der Waals surface area contributed by atoms with Crippen LogP contribution in [-0.4, -0.2) is 52.1 Å². The van der Waals surface area contributed by atoms with Gasteiger partial charge in [0.15, 0.2) is 0 Å². The van der Waals surface area contributed by atoms with Crippen LogP contribution in [0.15, 0.2) is 36.4 Å². The predicted octanol–water partition coefficient (Wildman–Crippen LogP) is 2.94. The van der Waals surface area contributed by atoms with Gasteiger partial charge in [0, 0.05) is 31.1 Å². The normalized spacial score (nSPS) is 23.2. The van der Waals surface area contributed by atoms with Crippen LogP contribution in [0.1, 0.15) is 57.4 Å². The minimum atomic E-state index is -0.815. The van der Waals surface area contributed by atoms with Crippen LogP contribution in [0.3, 0.4) is 0 Å². The van der Waals surface area contributed by atoms with Crippen LogP contribution < -0.4 is 5.32 Å². The second-order valence-electron chi connectivity index (χ2n) is 9.51. The lowest BCUT2D eigenvalue weighted by Crippen LogP contribution is -2.50. The van der Waals surface area contributed by atoms with Crippen molar-refractivity contribution < 1.29 is 23.6 Å². The molecule has 3 aliphatic rings. The van der Waals surface area contributed by atoms with E-state index in [-0.39, 0.29) is 55.1 Å². The molecule has 1 saturated heterocycles. The van der Waals surface area contributed by atoms with E-state index in [0.29, 0.717) is 18.4 Å². The minimum absolute atomic E-state index is 0.0335. The summed E-state index contributed by atoms with van der Waals surface area (Å²) >= 11 is 0. The monoisotopic (exact) mass is 469 g/mol. The Kier molecular flexibility index (Phi) is 7.44. The Hall–Kier alpha value is -3.03. The van der Waals surface area contributed by atoms with E-state index < -0.39 is 17.8 Å². The van der Waals surface area contributed by atoms with Gasteiger partial charge in [-0.3, -0.25) is 24.1 Å². The van der Waals surface area contributed by atoms with E-state index in [1.54, 1.807) is 25.1 Å². The Morgan fingerprint density at radius 1 is 1.09 bits per heavy atom. The predicted molar refractivity (Wildman–Crippen MR) is 124 cm³/mol. The third kappa shape index (κ3) is 5.05. The molecule has 4 amide bonds. The molecule has 0 bridgehead atoms. The van der Waals surface area contributed by atoms with Crippen LogP contribution in [0.2, 0.25) is 0 Å². The number of imide groups is 1. The van der Waals surface area contributed by atoms with Crippen molar-refractivity contribution in [1.29, 1.82) is 0 Å². The number of benzene rings is 1. The first-order valence-electron chi connectivity index (χ1n) is 12.2. The van der Waals surface area contributed by atoms with Gasteiger partial charge in [0.05, 0.1) is 11.8 Å². The topological polar surface area (TPSA) is 86.8 Å². The maximum absolute atomic E-state index is 14.4. The zero-order valence-electron chi connectivity index (χ0n) is 19.5. The largest absolute Gasteiger partial charge is 0.352 e. The Morgan fingerprint density at radius 2 is 1.71 bits per heavy atom. The van der Waals surface area contributed by atoms with Crippen LogP contribution in [0.25, 0.3) is 0 Å². The van der Waals surface area contributed by atoms with E-state index in [4.69, 9.17) is 0 Å². The maximum atomic E-state index is 14.4. The molecule has 1 saturated carbocycles. The summed E-state index contributed by atoms with van der Waals surface area (Å²) in [5.41, 5.74) is 0.307. The van der Waals surface area contributed by atoms with Crippen molar-refractivity contribution >= 4 is 23.6 Å². The average molecular weight is 470 g/mol. The SMILES string of the molecule is C[C@@H](C(=O)NC1CCCC1)N(Cc1ccccc1F)C(=O)CCN1C(=O)[C@H]2CC=CC[C@H]2C1=O. The average Bonchev–Trinajstić information content (AvgIpc) is 3.43. The zero-order valence-corrected chi connectivity index (χ0v) is 19.5. The number of nitrogens with zero attached hydrogens (tertiary/aromatic N) is 2. The van der Waals surface area contributed by atoms with Gasteiger partial charge >= 0.3 is 0 Å². The van der Waals surface area contributed by atoms with E-state index in [0.717, 1.165) is 25.7 Å². The van der Waals surface area contributed by atoms with Crippen LogP contribution in [0, 0.1) is 17.7 Å². The first-order chi connectivity index (χ1) is 16.4. The Labute approximate surface area is 199 Å². The van der Waals surface area contributed by atoms with Crippen molar-refractivity contribution in [3.05, 3.63) is 47.8 Å². The number of hydrogen-bond acceptors (Lipinski definition) is 4. The lowest BCUT2D eigenvalue weighted by molar-refractivity contribution is -0.144. The lowest BCUT2D eigenvalue weighted by atomic mass is 9.85. The molecule has 0 unspecified atom stereocenters. The molecule has 8 heteroatoms. The first kappa shape index (κ1) is 24.1. The Morgan fingerprint density at radius 3 is 2.32 bits per heavy atom. The van der Waals surface area contributed by atoms with Gasteiger partial charge in [0.25, 0.3) is 0 Å². The molecule has 2 fully saturated rings. The highest BCUT2D eigenvalue weighted by Gasteiger charge is 2.47. The zero-order chi connectivity index (χ0) is 24.2. The molecule has 1 heterocycles. The van der Waals surface area contributed by atoms with Crippen molar-refractivity contribution in [2.24, 2.45) is 11.8 Å². The van der Waals surface area contributed by atoms with E-state index >= 15 is 0 Å². The van der Waals surface area contributed by atoms with E-state index in [9.17, 15) is 23.6 Å². The smallest absolute Gasteiger partial charge is 0.242 e. The number of nitrogens with one attached hydrogen (secondary N) is 1. The summed E-state index contributed by atoms with van der Waals surface area (Å²) in [4.78, 5) is 54.2. The third-order valence-electron chi connectivity index (χ3n) is 7.32. The third-order valence-corrected chi connectivity index (χ3v) is 7.32. The number of amides is 4. The molecule has 34 heavy (non-hydrogen) atoms. The van der Waals surface area contributed by atoms with Crippen molar-refractivity contribution in [2.75, 3.05) is 6.54 Å². The molecule has 1 aromatic carbocycles. The van der Waals surface area contributed by atoms with Crippen molar-refractivity contribution in [3.63, 3.8) is 0 Å². The highest BCUT2D eigenvalue weighted by molar-refractivity contribution is 6.05. The molecule has 0 radical (unpaired) electrons. The summed E-state index contributed by atoms with van der Waals surface area (Å²) in [5, 5.41) is 3.01. The molecular formula is C26H32FN3O4.